The van der Waals surface area contributed by atoms with E-state index >= 15 is 0 Å². The molecule has 6 heteroatoms. The van der Waals surface area contributed by atoms with Crippen LogP contribution >= 0.6 is 0 Å². The Kier molecular flexibility index (Phi) is 6.83. The molecule has 2 rings (SSSR count). The lowest BCUT2D eigenvalue weighted by atomic mass is 10.0. The Morgan fingerprint density at radius 2 is 1.81 bits per heavy atom. The van der Waals surface area contributed by atoms with Crippen LogP contribution in [0.5, 0.6) is 0 Å². The number of unbranched alkanes of at least 4 members (excludes halogenated alkanes) is 1. The van der Waals surface area contributed by atoms with E-state index in [-0.39, 0.29) is 5.56 Å². The third-order valence-corrected chi connectivity index (χ3v) is 4.22. The Morgan fingerprint density at radius 3 is 2.38 bits per heavy atom. The third-order valence-electron chi connectivity index (χ3n) is 4.22. The van der Waals surface area contributed by atoms with Gasteiger partial charge in [0.05, 0.1) is 0 Å². The molecule has 0 aliphatic rings. The van der Waals surface area contributed by atoms with E-state index in [9.17, 15) is 18.8 Å². The Labute approximate surface area is 152 Å². The topological polar surface area (TPSA) is 59.4 Å². The summed E-state index contributed by atoms with van der Waals surface area (Å²) in [6.07, 6.45) is 3.15. The smallest absolute Gasteiger partial charge is 0.253 e. The van der Waals surface area contributed by atoms with E-state index in [4.69, 9.17) is 0 Å². The van der Waals surface area contributed by atoms with Crippen LogP contribution in [0.1, 0.15) is 43.1 Å². The molecule has 0 saturated heterocycles. The molecule has 26 heavy (non-hydrogen) atoms. The van der Waals surface area contributed by atoms with E-state index in [1.807, 2.05) is 13.8 Å². The second kappa shape index (κ2) is 9.08. The largest absolute Gasteiger partial charge is 0.341 e. The van der Waals surface area contributed by atoms with Crippen molar-refractivity contribution >= 4 is 11.7 Å². The summed E-state index contributed by atoms with van der Waals surface area (Å²) in [4.78, 5) is 39.9. The van der Waals surface area contributed by atoms with Gasteiger partial charge in [-0.2, -0.15) is 0 Å². The maximum absolute atomic E-state index is 13.2. The van der Waals surface area contributed by atoms with Crippen LogP contribution in [0.15, 0.2) is 53.5 Å². The van der Waals surface area contributed by atoms with E-state index in [2.05, 4.69) is 0 Å². The number of carbonyl (C=O) groups is 2. The number of likely N-dealkylation sites (N-methyl/N-ethyl adjacent to an activating group) is 1. The van der Waals surface area contributed by atoms with Crippen molar-refractivity contribution in [2.24, 2.45) is 0 Å². The van der Waals surface area contributed by atoms with Crippen molar-refractivity contribution in [2.45, 2.75) is 32.7 Å². The second-order valence-corrected chi connectivity index (χ2v) is 5.99. The Balaban J connectivity index is 2.47. The van der Waals surface area contributed by atoms with E-state index in [0.29, 0.717) is 13.1 Å². The molecule has 1 unspecified atom stereocenters. The number of rotatable bonds is 8. The Bertz CT molecular complexity index is 814. The number of hydrogen-bond donors (Lipinski definition) is 0. The summed E-state index contributed by atoms with van der Waals surface area (Å²) < 4.78 is 14.3. The van der Waals surface area contributed by atoms with E-state index in [1.165, 1.54) is 24.4 Å². The highest BCUT2D eigenvalue weighted by molar-refractivity contribution is 6.11. The standard InChI is InChI=1S/C20H23FN2O3/c1-3-5-13-22(4-2)20(26)18(23-14-7-6-8-17(23)24)19(25)15-9-11-16(21)12-10-15/h6-12,14,18H,3-5,13H2,1-2H3. The van der Waals surface area contributed by atoms with Crippen molar-refractivity contribution in [3.63, 3.8) is 0 Å². The van der Waals surface area contributed by atoms with Crippen LogP contribution in [-0.4, -0.2) is 34.2 Å². The number of benzene rings is 1. The summed E-state index contributed by atoms with van der Waals surface area (Å²) in [6.45, 7) is 4.80. The molecular weight excluding hydrogens is 335 g/mol. The molecule has 1 atom stereocenters. The van der Waals surface area contributed by atoms with Gasteiger partial charge in [-0.25, -0.2) is 4.39 Å². The molecule has 2 aromatic rings. The minimum Gasteiger partial charge on any atom is -0.341 e. The average Bonchev–Trinajstić information content (AvgIpc) is 2.64. The zero-order valence-electron chi connectivity index (χ0n) is 15.0. The lowest BCUT2D eigenvalue weighted by Crippen LogP contribution is -2.44. The van der Waals surface area contributed by atoms with Crippen molar-refractivity contribution in [1.82, 2.24) is 9.47 Å². The lowest BCUT2D eigenvalue weighted by molar-refractivity contribution is -0.133. The molecule has 1 aromatic heterocycles. The van der Waals surface area contributed by atoms with E-state index in [0.717, 1.165) is 29.5 Å². The van der Waals surface area contributed by atoms with Gasteiger partial charge >= 0.3 is 0 Å². The number of carbonyl (C=O) groups excluding carboxylic acids is 2. The van der Waals surface area contributed by atoms with Gasteiger partial charge in [0.15, 0.2) is 11.8 Å². The molecule has 5 nitrogen and oxygen atoms in total. The zero-order valence-corrected chi connectivity index (χ0v) is 15.0. The molecule has 0 radical (unpaired) electrons. The average molecular weight is 358 g/mol. The van der Waals surface area contributed by atoms with E-state index < -0.39 is 29.1 Å². The van der Waals surface area contributed by atoms with Crippen LogP contribution in [-0.2, 0) is 4.79 Å². The van der Waals surface area contributed by atoms with Crippen LogP contribution in [0, 0.1) is 5.82 Å². The Morgan fingerprint density at radius 1 is 1.12 bits per heavy atom. The minimum absolute atomic E-state index is 0.187. The molecule has 0 spiro atoms. The number of Topliss-reactive ketones (excluding diaryl/α,β-unsaturated/α-hetero) is 1. The maximum Gasteiger partial charge on any atom is 0.253 e. The van der Waals surface area contributed by atoms with Crippen LogP contribution in [0.3, 0.4) is 0 Å². The minimum atomic E-state index is -1.30. The quantitative estimate of drug-likeness (QED) is 0.538. The highest BCUT2D eigenvalue weighted by Gasteiger charge is 2.32. The fourth-order valence-electron chi connectivity index (χ4n) is 2.73. The first-order chi connectivity index (χ1) is 12.5. The predicted molar refractivity (Wildman–Crippen MR) is 97.6 cm³/mol. The predicted octanol–water partition coefficient (Wildman–Crippen LogP) is 3.06. The fourth-order valence-corrected chi connectivity index (χ4v) is 2.73. The first-order valence-corrected chi connectivity index (χ1v) is 8.75. The molecule has 138 valence electrons. The van der Waals surface area contributed by atoms with Gasteiger partial charge in [-0.3, -0.25) is 19.0 Å². The molecular formula is C20H23FN2O3. The molecule has 1 aromatic carbocycles. The van der Waals surface area contributed by atoms with Gasteiger partial charge in [-0.15, -0.1) is 0 Å². The first-order valence-electron chi connectivity index (χ1n) is 8.75. The summed E-state index contributed by atoms with van der Waals surface area (Å²) in [6, 6.07) is 8.14. The van der Waals surface area contributed by atoms with Crippen LogP contribution < -0.4 is 5.56 Å². The first kappa shape index (κ1) is 19.6. The monoisotopic (exact) mass is 358 g/mol. The summed E-state index contributed by atoms with van der Waals surface area (Å²) >= 11 is 0. The van der Waals surface area contributed by atoms with Gasteiger partial charge in [0.25, 0.3) is 11.5 Å². The fraction of sp³-hybridized carbons (Fsp3) is 0.350. The molecule has 0 bridgehead atoms. The summed E-state index contributed by atoms with van der Waals surface area (Å²) in [7, 11) is 0. The van der Waals surface area contributed by atoms with Crippen molar-refractivity contribution in [2.75, 3.05) is 13.1 Å². The van der Waals surface area contributed by atoms with Crippen LogP contribution in [0.4, 0.5) is 4.39 Å². The highest BCUT2D eigenvalue weighted by Crippen LogP contribution is 2.17. The summed E-state index contributed by atoms with van der Waals surface area (Å²) in [5, 5.41) is 0. The second-order valence-electron chi connectivity index (χ2n) is 5.99. The van der Waals surface area contributed by atoms with Crippen molar-refractivity contribution < 1.29 is 14.0 Å². The Hall–Kier alpha value is -2.76. The molecule has 0 aliphatic heterocycles. The molecule has 0 fully saturated rings. The summed E-state index contributed by atoms with van der Waals surface area (Å²) in [5.41, 5.74) is -0.250. The molecule has 1 heterocycles. The molecule has 0 aliphatic carbocycles. The molecule has 1 amide bonds. The zero-order chi connectivity index (χ0) is 19.1. The van der Waals surface area contributed by atoms with Gasteiger partial charge in [0.1, 0.15) is 5.82 Å². The number of aromatic nitrogens is 1. The number of amides is 1. The van der Waals surface area contributed by atoms with E-state index in [1.54, 1.807) is 17.0 Å². The number of halogens is 1. The van der Waals surface area contributed by atoms with Crippen molar-refractivity contribution in [1.29, 1.82) is 0 Å². The molecule has 0 saturated carbocycles. The van der Waals surface area contributed by atoms with Crippen molar-refractivity contribution in [3.8, 4) is 0 Å². The number of hydrogen-bond acceptors (Lipinski definition) is 3. The van der Waals surface area contributed by atoms with Gasteiger partial charge in [0.2, 0.25) is 0 Å². The highest BCUT2D eigenvalue weighted by atomic mass is 19.1. The van der Waals surface area contributed by atoms with Gasteiger partial charge in [0, 0.05) is 30.9 Å². The van der Waals surface area contributed by atoms with Crippen molar-refractivity contribution in [3.05, 3.63) is 70.4 Å². The third kappa shape index (κ3) is 4.45. The normalized spacial score (nSPS) is 11.8. The lowest BCUT2D eigenvalue weighted by Gasteiger charge is -2.26. The van der Waals surface area contributed by atoms with Gasteiger partial charge in [-0.1, -0.05) is 19.4 Å². The number of ketones is 1. The van der Waals surface area contributed by atoms with Gasteiger partial charge < -0.3 is 4.90 Å². The van der Waals surface area contributed by atoms with Gasteiger partial charge in [-0.05, 0) is 43.7 Å². The van der Waals surface area contributed by atoms with Crippen LogP contribution in [0.25, 0.3) is 0 Å². The SMILES string of the molecule is CCCCN(CC)C(=O)C(C(=O)c1ccc(F)cc1)n1ccccc1=O. The molecule has 0 N–H and O–H groups in total. The number of pyridine rings is 1. The summed E-state index contributed by atoms with van der Waals surface area (Å²) in [5.74, 6) is -1.43. The maximum atomic E-state index is 13.2. The van der Waals surface area contributed by atoms with Crippen LogP contribution in [0.2, 0.25) is 0 Å². The number of nitrogens with zero attached hydrogens (tertiary/aromatic N) is 2.